The second kappa shape index (κ2) is 5.81. The molecule has 1 saturated heterocycles. The van der Waals surface area contributed by atoms with Crippen LogP contribution in [-0.4, -0.2) is 48.9 Å². The van der Waals surface area contributed by atoms with Gasteiger partial charge in [0.1, 0.15) is 0 Å². The number of piperidine rings is 1. The molecule has 1 aliphatic heterocycles. The first kappa shape index (κ1) is 13.5. The van der Waals surface area contributed by atoms with Gasteiger partial charge in [-0.2, -0.15) is 4.31 Å². The average Bonchev–Trinajstić information content (AvgIpc) is 2.91. The monoisotopic (exact) mass is 272 g/mol. The van der Waals surface area contributed by atoms with E-state index in [0.717, 1.165) is 25.9 Å². The second-order valence-corrected chi connectivity index (χ2v) is 6.50. The Bertz CT molecular complexity index is 457. The lowest BCUT2D eigenvalue weighted by molar-refractivity contribution is 0.260. The van der Waals surface area contributed by atoms with E-state index >= 15 is 0 Å². The molecule has 2 N–H and O–H groups in total. The molecule has 0 radical (unpaired) electrons. The summed E-state index contributed by atoms with van der Waals surface area (Å²) < 4.78 is 26.2. The Hall–Kier alpha value is -0.920. The van der Waals surface area contributed by atoms with Crippen LogP contribution in [0.3, 0.4) is 0 Å². The zero-order valence-electron chi connectivity index (χ0n) is 10.6. The Kier molecular flexibility index (Phi) is 4.36. The number of nitrogens with one attached hydrogen (secondary N) is 2. The molecule has 18 heavy (non-hydrogen) atoms. The van der Waals surface area contributed by atoms with Crippen LogP contribution in [0.5, 0.6) is 0 Å². The van der Waals surface area contributed by atoms with Gasteiger partial charge in [-0.05, 0) is 31.8 Å². The molecule has 0 amide bonds. The first-order chi connectivity index (χ1) is 8.64. The van der Waals surface area contributed by atoms with Gasteiger partial charge in [-0.1, -0.05) is 6.92 Å². The van der Waals surface area contributed by atoms with Gasteiger partial charge < -0.3 is 10.3 Å². The number of sulfonamides is 1. The van der Waals surface area contributed by atoms with Crippen LogP contribution in [0.2, 0.25) is 0 Å². The van der Waals surface area contributed by atoms with E-state index < -0.39 is 10.0 Å². The normalized spacial score (nSPS) is 22.2. The summed E-state index contributed by atoms with van der Waals surface area (Å²) in [5.41, 5.74) is 0. The van der Waals surface area contributed by atoms with Crippen LogP contribution in [0.15, 0.2) is 17.6 Å². The van der Waals surface area contributed by atoms with Gasteiger partial charge in [0.2, 0.25) is 0 Å². The van der Waals surface area contributed by atoms with Crippen molar-refractivity contribution in [3.8, 4) is 0 Å². The van der Waals surface area contributed by atoms with Crippen LogP contribution >= 0.6 is 0 Å². The molecule has 0 saturated carbocycles. The Balaban J connectivity index is 2.04. The largest absolute Gasteiger partial charge is 0.335 e. The van der Waals surface area contributed by atoms with Crippen molar-refractivity contribution >= 4 is 10.0 Å². The van der Waals surface area contributed by atoms with Crippen LogP contribution in [0.4, 0.5) is 0 Å². The fraction of sp³-hybridized carbons (Fsp3) is 0.727. The van der Waals surface area contributed by atoms with Crippen molar-refractivity contribution in [2.75, 3.05) is 26.2 Å². The molecule has 7 heteroatoms. The molecule has 2 rings (SSSR count). The lowest BCUT2D eigenvalue weighted by Gasteiger charge is -2.31. The number of hydrogen-bond donors (Lipinski definition) is 2. The molecular formula is C11H20N4O2S. The van der Waals surface area contributed by atoms with Gasteiger partial charge >= 0.3 is 0 Å². The maximum absolute atomic E-state index is 12.3. The summed E-state index contributed by atoms with van der Waals surface area (Å²) in [5, 5.41) is 3.47. The van der Waals surface area contributed by atoms with Crippen LogP contribution in [0, 0.1) is 5.92 Å². The average molecular weight is 272 g/mol. The number of aromatic amines is 1. The molecule has 0 aliphatic carbocycles. The van der Waals surface area contributed by atoms with Crippen molar-refractivity contribution in [1.29, 1.82) is 0 Å². The molecule has 0 spiro atoms. The van der Waals surface area contributed by atoms with Gasteiger partial charge in [-0.3, -0.25) is 0 Å². The van der Waals surface area contributed by atoms with Crippen LogP contribution in [0.1, 0.15) is 19.8 Å². The van der Waals surface area contributed by atoms with E-state index in [1.807, 2.05) is 0 Å². The number of aromatic nitrogens is 2. The van der Waals surface area contributed by atoms with Gasteiger partial charge in [0.05, 0.1) is 12.5 Å². The van der Waals surface area contributed by atoms with Crippen molar-refractivity contribution in [3.05, 3.63) is 12.5 Å². The van der Waals surface area contributed by atoms with Gasteiger partial charge in [-0.25, -0.2) is 13.4 Å². The predicted molar refractivity (Wildman–Crippen MR) is 68.6 cm³/mol. The molecule has 2 heterocycles. The fourth-order valence-electron chi connectivity index (χ4n) is 2.28. The van der Waals surface area contributed by atoms with Crippen molar-refractivity contribution < 1.29 is 8.42 Å². The van der Waals surface area contributed by atoms with E-state index in [-0.39, 0.29) is 5.03 Å². The summed E-state index contributed by atoms with van der Waals surface area (Å²) in [4.78, 5) is 6.45. The molecule has 1 unspecified atom stereocenters. The van der Waals surface area contributed by atoms with Gasteiger partial charge in [0, 0.05) is 13.1 Å². The molecule has 6 nitrogen and oxygen atoms in total. The van der Waals surface area contributed by atoms with E-state index in [1.54, 1.807) is 4.31 Å². The number of rotatable bonds is 5. The topological polar surface area (TPSA) is 78.1 Å². The SMILES string of the molecule is CCNCC1CCCN(S(=O)(=O)c2cnc[nH]2)C1. The summed E-state index contributed by atoms with van der Waals surface area (Å²) in [6, 6.07) is 0. The Morgan fingerprint density at radius 1 is 1.61 bits per heavy atom. The predicted octanol–water partition coefficient (Wildman–Crippen LogP) is 0.420. The maximum Gasteiger partial charge on any atom is 0.260 e. The molecule has 102 valence electrons. The Morgan fingerprint density at radius 3 is 3.11 bits per heavy atom. The van der Waals surface area contributed by atoms with Crippen LogP contribution in [-0.2, 0) is 10.0 Å². The third-order valence-corrected chi connectivity index (χ3v) is 5.05. The number of imidazole rings is 1. The third kappa shape index (κ3) is 2.90. The number of H-pyrrole nitrogens is 1. The van der Waals surface area contributed by atoms with Gasteiger partial charge in [0.15, 0.2) is 5.03 Å². The maximum atomic E-state index is 12.3. The standard InChI is InChI=1S/C11H20N4O2S/c1-2-12-6-10-4-3-5-15(8-10)18(16,17)11-7-13-9-14-11/h7,9-10,12H,2-6,8H2,1H3,(H,13,14). The van der Waals surface area contributed by atoms with E-state index in [2.05, 4.69) is 22.2 Å². The first-order valence-electron chi connectivity index (χ1n) is 6.34. The Labute approximate surface area is 108 Å². The molecule has 0 bridgehead atoms. The van der Waals surface area contributed by atoms with Crippen molar-refractivity contribution in [1.82, 2.24) is 19.6 Å². The Morgan fingerprint density at radius 2 is 2.44 bits per heavy atom. The lowest BCUT2D eigenvalue weighted by atomic mass is 10.00. The second-order valence-electron chi connectivity index (χ2n) is 4.59. The zero-order valence-corrected chi connectivity index (χ0v) is 11.4. The summed E-state index contributed by atoms with van der Waals surface area (Å²) in [6.45, 7) is 5.05. The van der Waals surface area contributed by atoms with E-state index in [0.29, 0.717) is 19.0 Å². The molecule has 1 aromatic heterocycles. The molecule has 1 aromatic rings. The highest BCUT2D eigenvalue weighted by Crippen LogP contribution is 2.22. The van der Waals surface area contributed by atoms with Crippen LogP contribution < -0.4 is 5.32 Å². The smallest absolute Gasteiger partial charge is 0.260 e. The summed E-state index contributed by atoms with van der Waals surface area (Å²) in [7, 11) is -3.39. The first-order valence-corrected chi connectivity index (χ1v) is 7.78. The van der Waals surface area contributed by atoms with Crippen molar-refractivity contribution in [3.63, 3.8) is 0 Å². The van der Waals surface area contributed by atoms with Crippen molar-refractivity contribution in [2.45, 2.75) is 24.8 Å². The van der Waals surface area contributed by atoms with E-state index in [1.165, 1.54) is 12.5 Å². The minimum atomic E-state index is -3.39. The highest BCUT2D eigenvalue weighted by molar-refractivity contribution is 7.89. The molecule has 1 aliphatic rings. The lowest BCUT2D eigenvalue weighted by Crippen LogP contribution is -2.42. The molecule has 1 atom stereocenters. The molecular weight excluding hydrogens is 252 g/mol. The highest BCUT2D eigenvalue weighted by Gasteiger charge is 2.30. The minimum absolute atomic E-state index is 0.187. The summed E-state index contributed by atoms with van der Waals surface area (Å²) >= 11 is 0. The van der Waals surface area contributed by atoms with Crippen molar-refractivity contribution in [2.24, 2.45) is 5.92 Å². The van der Waals surface area contributed by atoms with Gasteiger partial charge in [-0.15, -0.1) is 0 Å². The molecule has 0 aromatic carbocycles. The summed E-state index contributed by atoms with van der Waals surface area (Å²) in [5.74, 6) is 0.399. The number of hydrogen-bond acceptors (Lipinski definition) is 4. The number of nitrogens with zero attached hydrogens (tertiary/aromatic N) is 2. The zero-order chi connectivity index (χ0) is 13.0. The fourth-order valence-corrected chi connectivity index (χ4v) is 3.73. The quantitative estimate of drug-likeness (QED) is 0.814. The molecule has 1 fully saturated rings. The van der Waals surface area contributed by atoms with E-state index in [4.69, 9.17) is 0 Å². The van der Waals surface area contributed by atoms with E-state index in [9.17, 15) is 8.42 Å². The van der Waals surface area contributed by atoms with Crippen LogP contribution in [0.25, 0.3) is 0 Å². The highest BCUT2D eigenvalue weighted by atomic mass is 32.2. The minimum Gasteiger partial charge on any atom is -0.335 e. The summed E-state index contributed by atoms with van der Waals surface area (Å²) in [6.07, 6.45) is 4.77. The third-order valence-electron chi connectivity index (χ3n) is 3.26. The van der Waals surface area contributed by atoms with Gasteiger partial charge in [0.25, 0.3) is 10.0 Å².